The minimum atomic E-state index is -3.65. The SMILES string of the molecule is CC(OC(=O)CCN=C1NS(=O)(=O)c2ccccc21)C(=O)N(CCC#N)c1ccccc1. The van der Waals surface area contributed by atoms with E-state index in [-0.39, 0.29) is 36.7 Å². The van der Waals surface area contributed by atoms with Crippen LogP contribution in [-0.2, 0) is 24.3 Å². The Bertz CT molecular complexity index is 1170. The van der Waals surface area contributed by atoms with Crippen molar-refractivity contribution in [2.45, 2.75) is 30.8 Å². The highest BCUT2D eigenvalue weighted by Crippen LogP contribution is 2.22. The van der Waals surface area contributed by atoms with E-state index in [9.17, 15) is 18.0 Å². The Kier molecular flexibility index (Phi) is 7.22. The molecule has 0 saturated heterocycles. The lowest BCUT2D eigenvalue weighted by molar-refractivity contribution is -0.153. The Balaban J connectivity index is 1.59. The Morgan fingerprint density at radius 1 is 1.16 bits per heavy atom. The summed E-state index contributed by atoms with van der Waals surface area (Å²) in [6.07, 6.45) is -1.05. The predicted octanol–water partition coefficient (Wildman–Crippen LogP) is 1.99. The Morgan fingerprint density at radius 3 is 2.56 bits per heavy atom. The van der Waals surface area contributed by atoms with Crippen molar-refractivity contribution in [2.75, 3.05) is 18.0 Å². The number of aliphatic imine (C=N–C) groups is 1. The summed E-state index contributed by atoms with van der Waals surface area (Å²) >= 11 is 0. The molecule has 1 unspecified atom stereocenters. The Morgan fingerprint density at radius 2 is 1.84 bits per heavy atom. The second-order valence-corrected chi connectivity index (χ2v) is 8.60. The highest BCUT2D eigenvalue weighted by Gasteiger charge is 2.30. The maximum absolute atomic E-state index is 12.8. The number of amidine groups is 1. The van der Waals surface area contributed by atoms with Gasteiger partial charge in [-0.25, -0.2) is 8.42 Å². The van der Waals surface area contributed by atoms with Crippen LogP contribution in [0.3, 0.4) is 0 Å². The van der Waals surface area contributed by atoms with E-state index < -0.39 is 28.0 Å². The molecule has 9 nitrogen and oxygen atoms in total. The molecule has 166 valence electrons. The molecule has 1 aliphatic rings. The number of nitrogens with zero attached hydrogens (tertiary/aromatic N) is 3. The second-order valence-electron chi connectivity index (χ2n) is 6.95. The average molecular weight is 455 g/mol. The number of amides is 1. The number of carbonyl (C=O) groups is 2. The van der Waals surface area contributed by atoms with Gasteiger partial charge in [0.1, 0.15) is 5.84 Å². The summed E-state index contributed by atoms with van der Waals surface area (Å²) in [7, 11) is -3.65. The predicted molar refractivity (Wildman–Crippen MR) is 117 cm³/mol. The van der Waals surface area contributed by atoms with Gasteiger partial charge < -0.3 is 9.64 Å². The van der Waals surface area contributed by atoms with E-state index in [0.29, 0.717) is 11.3 Å². The molecule has 0 fully saturated rings. The molecule has 0 aromatic heterocycles. The molecule has 32 heavy (non-hydrogen) atoms. The monoisotopic (exact) mass is 454 g/mol. The highest BCUT2D eigenvalue weighted by molar-refractivity contribution is 7.90. The first kappa shape index (κ1) is 23.0. The molecule has 1 amide bonds. The number of carbonyl (C=O) groups excluding carboxylic acids is 2. The topological polar surface area (TPSA) is 129 Å². The van der Waals surface area contributed by atoms with Crippen molar-refractivity contribution in [3.63, 3.8) is 0 Å². The molecule has 1 N–H and O–H groups in total. The fourth-order valence-corrected chi connectivity index (χ4v) is 4.42. The lowest BCUT2D eigenvalue weighted by Gasteiger charge is -2.25. The molecular formula is C22H22N4O5S. The van der Waals surface area contributed by atoms with Crippen LogP contribution in [0.15, 0.2) is 64.5 Å². The number of anilines is 1. The van der Waals surface area contributed by atoms with E-state index in [1.165, 1.54) is 17.9 Å². The molecule has 1 atom stereocenters. The standard InChI is InChI=1S/C22H22N4O5S/c1-16(22(28)26(15-7-13-23)17-8-3-2-4-9-17)31-20(27)12-14-24-21-18-10-5-6-11-19(18)32(29,30)25-21/h2-6,8-11,16H,7,12,14-15H2,1H3,(H,24,25). The number of hydrogen-bond donors (Lipinski definition) is 1. The molecule has 3 rings (SSSR count). The molecule has 10 heteroatoms. The largest absolute Gasteiger partial charge is 0.452 e. The van der Waals surface area contributed by atoms with E-state index in [2.05, 4.69) is 9.71 Å². The number of esters is 1. The van der Waals surface area contributed by atoms with E-state index >= 15 is 0 Å². The number of nitriles is 1. The molecule has 0 radical (unpaired) electrons. The Labute approximate surface area is 186 Å². The number of para-hydroxylation sites is 1. The number of rotatable bonds is 8. The van der Waals surface area contributed by atoms with Gasteiger partial charge >= 0.3 is 5.97 Å². The number of nitrogens with one attached hydrogen (secondary N) is 1. The van der Waals surface area contributed by atoms with Gasteiger partial charge in [-0.05, 0) is 31.2 Å². The summed E-state index contributed by atoms with van der Waals surface area (Å²) in [5.41, 5.74) is 1.05. The normalized spacial score (nSPS) is 15.8. The lowest BCUT2D eigenvalue weighted by Crippen LogP contribution is -2.40. The van der Waals surface area contributed by atoms with Crippen molar-refractivity contribution in [3.8, 4) is 6.07 Å². The summed E-state index contributed by atoms with van der Waals surface area (Å²) in [6.45, 7) is 1.63. The van der Waals surface area contributed by atoms with Gasteiger partial charge in [0.2, 0.25) is 0 Å². The first-order valence-electron chi connectivity index (χ1n) is 9.93. The quantitative estimate of drug-likeness (QED) is 0.608. The van der Waals surface area contributed by atoms with Crippen LogP contribution in [0.1, 0.15) is 25.3 Å². The summed E-state index contributed by atoms with van der Waals surface area (Å²) in [5.74, 6) is -0.912. The van der Waals surface area contributed by atoms with Gasteiger partial charge in [0.25, 0.3) is 15.9 Å². The van der Waals surface area contributed by atoms with Crippen molar-refractivity contribution < 1.29 is 22.7 Å². The first-order valence-corrected chi connectivity index (χ1v) is 11.4. The molecule has 0 bridgehead atoms. The van der Waals surface area contributed by atoms with Crippen molar-refractivity contribution >= 4 is 33.4 Å². The molecule has 0 saturated carbocycles. The molecule has 2 aromatic rings. The van der Waals surface area contributed by atoms with E-state index in [1.807, 2.05) is 12.1 Å². The Hall–Kier alpha value is -3.71. The van der Waals surface area contributed by atoms with Crippen LogP contribution in [0.25, 0.3) is 0 Å². The average Bonchev–Trinajstić information content (AvgIpc) is 3.05. The zero-order valence-corrected chi connectivity index (χ0v) is 18.2. The van der Waals surface area contributed by atoms with Crippen LogP contribution in [0.5, 0.6) is 0 Å². The van der Waals surface area contributed by atoms with E-state index in [1.54, 1.807) is 42.5 Å². The van der Waals surface area contributed by atoms with Gasteiger partial charge in [0, 0.05) is 17.8 Å². The zero-order chi connectivity index (χ0) is 23.1. The maximum atomic E-state index is 12.8. The number of benzene rings is 2. The van der Waals surface area contributed by atoms with Gasteiger partial charge in [-0.2, -0.15) is 5.26 Å². The minimum absolute atomic E-state index is 0.0111. The third-order valence-corrected chi connectivity index (χ3v) is 6.08. The lowest BCUT2D eigenvalue weighted by atomic mass is 10.2. The van der Waals surface area contributed by atoms with Crippen molar-refractivity contribution in [1.29, 1.82) is 5.26 Å². The number of sulfonamides is 1. The fourth-order valence-electron chi connectivity index (χ4n) is 3.17. The van der Waals surface area contributed by atoms with Gasteiger partial charge in [0.05, 0.1) is 30.4 Å². The molecule has 1 heterocycles. The molecular weight excluding hydrogens is 432 g/mol. The maximum Gasteiger partial charge on any atom is 0.308 e. The van der Waals surface area contributed by atoms with Crippen molar-refractivity contribution in [3.05, 3.63) is 60.2 Å². The van der Waals surface area contributed by atoms with E-state index in [0.717, 1.165) is 0 Å². The van der Waals surface area contributed by atoms with Crippen LogP contribution < -0.4 is 9.62 Å². The zero-order valence-electron chi connectivity index (χ0n) is 17.4. The van der Waals surface area contributed by atoms with Crippen LogP contribution in [0, 0.1) is 11.3 Å². The second kappa shape index (κ2) is 10.1. The number of hydrogen-bond acceptors (Lipinski definition) is 7. The molecule has 0 aliphatic carbocycles. The molecule has 2 aromatic carbocycles. The smallest absolute Gasteiger partial charge is 0.308 e. The van der Waals surface area contributed by atoms with Gasteiger partial charge in [-0.1, -0.05) is 30.3 Å². The summed E-state index contributed by atoms with van der Waals surface area (Å²) in [5, 5.41) is 8.88. The van der Waals surface area contributed by atoms with Crippen LogP contribution in [0.2, 0.25) is 0 Å². The third-order valence-electron chi connectivity index (χ3n) is 4.69. The highest BCUT2D eigenvalue weighted by atomic mass is 32.2. The first-order chi connectivity index (χ1) is 15.3. The van der Waals surface area contributed by atoms with Gasteiger partial charge in [-0.3, -0.25) is 19.3 Å². The van der Waals surface area contributed by atoms with Crippen molar-refractivity contribution in [1.82, 2.24) is 4.72 Å². The van der Waals surface area contributed by atoms with Crippen molar-refractivity contribution in [2.24, 2.45) is 4.99 Å². The molecule has 1 aliphatic heterocycles. The summed E-state index contributed by atoms with van der Waals surface area (Å²) in [6, 6.07) is 17.3. The summed E-state index contributed by atoms with van der Waals surface area (Å²) < 4.78 is 31.8. The van der Waals surface area contributed by atoms with Crippen LogP contribution in [0.4, 0.5) is 5.69 Å². The fraction of sp³-hybridized carbons (Fsp3) is 0.273. The number of ether oxygens (including phenoxy) is 1. The van der Waals surface area contributed by atoms with Crippen LogP contribution >= 0.6 is 0 Å². The number of fused-ring (bicyclic) bond motifs is 1. The molecule has 0 spiro atoms. The van der Waals surface area contributed by atoms with E-state index in [4.69, 9.17) is 10.00 Å². The third kappa shape index (κ3) is 5.31. The van der Waals surface area contributed by atoms with Gasteiger partial charge in [0.15, 0.2) is 6.10 Å². The van der Waals surface area contributed by atoms with Crippen LogP contribution in [-0.4, -0.2) is 45.3 Å². The van der Waals surface area contributed by atoms with Gasteiger partial charge in [-0.15, -0.1) is 0 Å². The summed E-state index contributed by atoms with van der Waals surface area (Å²) in [4.78, 5) is 30.8. The minimum Gasteiger partial charge on any atom is -0.452 e.